The molecule has 0 radical (unpaired) electrons. The first kappa shape index (κ1) is 24.5. The number of anilines is 1. The molecule has 3 heterocycles. The number of pyridine rings is 1. The van der Waals surface area contributed by atoms with Gasteiger partial charge in [-0.1, -0.05) is 18.2 Å². The van der Waals surface area contributed by atoms with Crippen LogP contribution in [0.25, 0.3) is 11.1 Å². The smallest absolute Gasteiger partial charge is 0.416 e. The Kier molecular flexibility index (Phi) is 7.81. The van der Waals surface area contributed by atoms with E-state index >= 15 is 0 Å². The summed E-state index contributed by atoms with van der Waals surface area (Å²) >= 11 is 1.53. The lowest BCUT2D eigenvalue weighted by Crippen LogP contribution is -2.08. The van der Waals surface area contributed by atoms with Crippen LogP contribution in [-0.2, 0) is 12.6 Å². The minimum Gasteiger partial charge on any atom is -0.493 e. The summed E-state index contributed by atoms with van der Waals surface area (Å²) in [6.07, 6.45) is 2.28. The molecule has 0 amide bonds. The first-order valence-corrected chi connectivity index (χ1v) is 11.4. The summed E-state index contributed by atoms with van der Waals surface area (Å²) in [7, 11) is 0. The van der Waals surface area contributed by atoms with Crippen molar-refractivity contribution in [3.63, 3.8) is 0 Å². The van der Waals surface area contributed by atoms with Gasteiger partial charge in [0.05, 0.1) is 12.2 Å². The molecule has 4 aromatic rings. The van der Waals surface area contributed by atoms with Gasteiger partial charge in [-0.15, -0.1) is 0 Å². The van der Waals surface area contributed by atoms with Crippen LogP contribution < -0.4 is 9.46 Å². The fourth-order valence-corrected chi connectivity index (χ4v) is 3.91. The van der Waals surface area contributed by atoms with Gasteiger partial charge in [0, 0.05) is 22.9 Å². The minimum absolute atomic E-state index is 0.354. The van der Waals surface area contributed by atoms with Gasteiger partial charge >= 0.3 is 6.18 Å². The van der Waals surface area contributed by atoms with Crippen molar-refractivity contribution in [2.45, 2.75) is 23.9 Å². The van der Waals surface area contributed by atoms with E-state index in [9.17, 15) is 17.6 Å². The predicted octanol–water partition coefficient (Wildman–Crippen LogP) is 6.83. The van der Waals surface area contributed by atoms with Gasteiger partial charge in [-0.2, -0.15) is 17.6 Å². The largest absolute Gasteiger partial charge is 0.493 e. The third-order valence-corrected chi connectivity index (χ3v) is 5.79. The Morgan fingerprint density at radius 2 is 1.83 bits per heavy atom. The van der Waals surface area contributed by atoms with Gasteiger partial charge in [0.1, 0.15) is 17.9 Å². The molecule has 0 saturated heterocycles. The van der Waals surface area contributed by atoms with Crippen molar-refractivity contribution in [2.24, 2.45) is 0 Å². The molecule has 2 aromatic heterocycles. The summed E-state index contributed by atoms with van der Waals surface area (Å²) in [6.45, 7) is 0.820. The quantitative estimate of drug-likeness (QED) is 0.188. The normalized spacial score (nSPS) is 12.6. The van der Waals surface area contributed by atoms with Gasteiger partial charge in [0.15, 0.2) is 0 Å². The Morgan fingerprint density at radius 1 is 0.943 bits per heavy atom. The molecule has 0 unspecified atom stereocenters. The van der Waals surface area contributed by atoms with Crippen molar-refractivity contribution in [3.8, 4) is 16.9 Å². The van der Waals surface area contributed by atoms with Crippen LogP contribution in [0.3, 0.4) is 0 Å². The molecular weight excluding hydrogens is 480 g/mol. The molecule has 5 nitrogen and oxygen atoms in total. The number of benzene rings is 2. The summed E-state index contributed by atoms with van der Waals surface area (Å²) < 4.78 is 58.8. The van der Waals surface area contributed by atoms with E-state index in [1.165, 1.54) is 48.2 Å². The van der Waals surface area contributed by atoms with E-state index in [1.54, 1.807) is 6.20 Å². The third-order valence-electron chi connectivity index (χ3n) is 4.99. The molecule has 0 spiro atoms. The second kappa shape index (κ2) is 11.2. The monoisotopic (exact) mass is 500 g/mol. The van der Waals surface area contributed by atoms with Gasteiger partial charge in [-0.05, 0) is 78.4 Å². The van der Waals surface area contributed by atoms with Gasteiger partial charge in [0.25, 0.3) is 0 Å². The zero-order valence-corrected chi connectivity index (χ0v) is 19.1. The molecule has 10 heteroatoms. The standard InChI is InChI=1S/C13H13N3OS.C12H7F4N/c1-2-10-3-4-11(8-12(10)17-7-1)18-16-13-5-6-14-9-15-13;13-11-5-4-9(7-17-11)8-2-1-3-10(6-8)12(14,15)16/h3-6,8-9H,1-2,7H2,(H,14,15,16);1-7H. The molecule has 1 N–H and O–H groups in total. The number of nitrogens with zero attached hydrogens (tertiary/aromatic N) is 3. The fourth-order valence-electron chi connectivity index (χ4n) is 3.27. The minimum atomic E-state index is -4.39. The average Bonchev–Trinajstić information content (AvgIpc) is 2.88. The van der Waals surface area contributed by atoms with Crippen LogP contribution in [0.1, 0.15) is 17.5 Å². The molecule has 0 fully saturated rings. The lowest BCUT2D eigenvalue weighted by Gasteiger charge is -2.17. The summed E-state index contributed by atoms with van der Waals surface area (Å²) in [6, 6.07) is 15.5. The molecule has 0 aliphatic carbocycles. The molecule has 5 rings (SSSR count). The van der Waals surface area contributed by atoms with Crippen molar-refractivity contribution in [2.75, 3.05) is 11.3 Å². The number of ether oxygens (including phenoxy) is 1. The number of alkyl halides is 3. The SMILES string of the molecule is Fc1ccc(-c2cccc(C(F)(F)F)c2)cn1.c1cc(NSc2ccc3c(c2)OCCC3)ncn1. The van der Waals surface area contributed by atoms with Crippen molar-refractivity contribution >= 4 is 17.8 Å². The lowest BCUT2D eigenvalue weighted by molar-refractivity contribution is -0.137. The highest BCUT2D eigenvalue weighted by Gasteiger charge is 2.30. The number of fused-ring (bicyclic) bond motifs is 1. The molecule has 35 heavy (non-hydrogen) atoms. The summed E-state index contributed by atoms with van der Waals surface area (Å²) in [5, 5.41) is 0. The number of aryl methyl sites for hydroxylation is 1. The Balaban J connectivity index is 0.000000165. The number of hydrogen-bond donors (Lipinski definition) is 1. The molecule has 0 atom stereocenters. The second-order valence-electron chi connectivity index (χ2n) is 7.47. The van der Waals surface area contributed by atoms with Gasteiger partial charge in [-0.3, -0.25) is 0 Å². The van der Waals surface area contributed by atoms with Crippen LogP contribution in [0, 0.1) is 5.95 Å². The Hall–Kier alpha value is -3.66. The molecular formula is C25H20F4N4OS. The van der Waals surface area contributed by atoms with Crippen LogP contribution in [0.4, 0.5) is 23.4 Å². The first-order valence-electron chi connectivity index (χ1n) is 10.6. The zero-order valence-electron chi connectivity index (χ0n) is 18.3. The van der Waals surface area contributed by atoms with Gasteiger partial charge in [0.2, 0.25) is 5.95 Å². The van der Waals surface area contributed by atoms with Gasteiger partial charge < -0.3 is 9.46 Å². The van der Waals surface area contributed by atoms with E-state index in [4.69, 9.17) is 4.74 Å². The van der Waals surface area contributed by atoms with E-state index < -0.39 is 17.7 Å². The van der Waals surface area contributed by atoms with Crippen LogP contribution >= 0.6 is 11.9 Å². The number of rotatable bonds is 4. The number of aromatic nitrogens is 3. The zero-order chi connectivity index (χ0) is 24.7. The molecule has 1 aliphatic heterocycles. The Labute approximate surface area is 203 Å². The Bertz CT molecular complexity index is 1250. The van der Waals surface area contributed by atoms with Crippen LogP contribution in [0.5, 0.6) is 5.75 Å². The van der Waals surface area contributed by atoms with E-state index in [2.05, 4.69) is 37.9 Å². The molecule has 0 saturated carbocycles. The molecule has 2 aromatic carbocycles. The van der Waals surface area contributed by atoms with E-state index in [0.717, 1.165) is 54.1 Å². The van der Waals surface area contributed by atoms with Crippen LogP contribution in [-0.4, -0.2) is 21.6 Å². The van der Waals surface area contributed by atoms with E-state index in [0.29, 0.717) is 11.1 Å². The van der Waals surface area contributed by atoms with Crippen molar-refractivity contribution in [1.82, 2.24) is 15.0 Å². The molecule has 0 bridgehead atoms. The van der Waals surface area contributed by atoms with Crippen molar-refractivity contribution < 1.29 is 22.3 Å². The fraction of sp³-hybridized carbons (Fsp3) is 0.160. The highest BCUT2D eigenvalue weighted by atomic mass is 32.2. The van der Waals surface area contributed by atoms with Gasteiger partial charge in [-0.25, -0.2) is 15.0 Å². The lowest BCUT2D eigenvalue weighted by atomic mass is 10.0. The van der Waals surface area contributed by atoms with Crippen LogP contribution in [0.15, 0.2) is 84.3 Å². The molecule has 180 valence electrons. The maximum atomic E-state index is 12.6. The Morgan fingerprint density at radius 3 is 2.57 bits per heavy atom. The maximum Gasteiger partial charge on any atom is 0.416 e. The topological polar surface area (TPSA) is 59.9 Å². The summed E-state index contributed by atoms with van der Waals surface area (Å²) in [5.74, 6) is 1.14. The van der Waals surface area contributed by atoms with E-state index in [-0.39, 0.29) is 0 Å². The first-order chi connectivity index (χ1) is 16.9. The van der Waals surface area contributed by atoms with E-state index in [1.807, 2.05) is 6.07 Å². The number of nitrogens with one attached hydrogen (secondary N) is 1. The second-order valence-corrected chi connectivity index (χ2v) is 8.35. The predicted molar refractivity (Wildman–Crippen MR) is 126 cm³/mol. The number of hydrogen-bond acceptors (Lipinski definition) is 6. The van der Waals surface area contributed by atoms with Crippen molar-refractivity contribution in [3.05, 3.63) is 96.5 Å². The maximum absolute atomic E-state index is 12.6. The van der Waals surface area contributed by atoms with Crippen LogP contribution in [0.2, 0.25) is 0 Å². The molecule has 1 aliphatic rings. The highest BCUT2D eigenvalue weighted by molar-refractivity contribution is 8.00. The summed E-state index contributed by atoms with van der Waals surface area (Å²) in [5.41, 5.74) is 1.36. The highest BCUT2D eigenvalue weighted by Crippen LogP contribution is 2.32. The third kappa shape index (κ3) is 6.92. The average molecular weight is 501 g/mol. The van der Waals surface area contributed by atoms with Crippen molar-refractivity contribution in [1.29, 1.82) is 0 Å². The summed E-state index contributed by atoms with van der Waals surface area (Å²) in [4.78, 5) is 12.5. The number of halogens is 4.